The van der Waals surface area contributed by atoms with E-state index in [0.717, 1.165) is 30.2 Å². The zero-order valence-electron chi connectivity index (χ0n) is 13.2. The van der Waals surface area contributed by atoms with Crippen molar-refractivity contribution >= 4 is 22.6 Å². The average Bonchev–Trinajstić information content (AvgIpc) is 2.80. The first-order valence-electron chi connectivity index (χ1n) is 8.07. The van der Waals surface area contributed by atoms with E-state index < -0.39 is 0 Å². The van der Waals surface area contributed by atoms with Crippen LogP contribution in [0.25, 0.3) is 11.0 Å². The van der Waals surface area contributed by atoms with Crippen LogP contribution in [0.4, 0.5) is 0 Å². The number of alkyl halides is 1. The minimum atomic E-state index is 0.616. The lowest BCUT2D eigenvalue weighted by Crippen LogP contribution is -2.05. The number of aryl methyl sites for hydroxylation is 2. The summed E-state index contributed by atoms with van der Waals surface area (Å²) in [5, 5.41) is 0. The maximum Gasteiger partial charge on any atom is 0.111 e. The lowest BCUT2D eigenvalue weighted by Gasteiger charge is -2.09. The molecule has 0 unspecified atom stereocenters. The summed E-state index contributed by atoms with van der Waals surface area (Å²) in [6, 6.07) is 2.05. The molecule has 21 heavy (non-hydrogen) atoms. The van der Waals surface area contributed by atoms with Crippen molar-refractivity contribution in [2.24, 2.45) is 5.92 Å². The standard InChI is InChI=1S/C17H26ClN3/c1-14(2)7-5-3-4-6-12-21-16-9-11-19-13-15(16)20-17(21)8-10-18/h9,11,13-14H,3-8,10,12H2,1-2H3. The van der Waals surface area contributed by atoms with Crippen LogP contribution in [0.5, 0.6) is 0 Å². The number of imidazole rings is 1. The zero-order valence-corrected chi connectivity index (χ0v) is 13.9. The van der Waals surface area contributed by atoms with Gasteiger partial charge in [0.05, 0.1) is 11.7 Å². The Labute approximate surface area is 132 Å². The fourth-order valence-corrected chi connectivity index (χ4v) is 2.90. The van der Waals surface area contributed by atoms with Crippen molar-refractivity contribution in [3.8, 4) is 0 Å². The monoisotopic (exact) mass is 307 g/mol. The highest BCUT2D eigenvalue weighted by molar-refractivity contribution is 6.17. The summed E-state index contributed by atoms with van der Waals surface area (Å²) in [5.41, 5.74) is 2.17. The van der Waals surface area contributed by atoms with Crippen LogP contribution in [0.1, 0.15) is 51.8 Å². The van der Waals surface area contributed by atoms with Crippen molar-refractivity contribution in [3.05, 3.63) is 24.3 Å². The number of rotatable bonds is 9. The van der Waals surface area contributed by atoms with Crippen LogP contribution in [-0.2, 0) is 13.0 Å². The smallest absolute Gasteiger partial charge is 0.111 e. The third-order valence-corrected chi connectivity index (χ3v) is 4.05. The van der Waals surface area contributed by atoms with E-state index in [1.54, 1.807) is 0 Å². The zero-order chi connectivity index (χ0) is 15.1. The summed E-state index contributed by atoms with van der Waals surface area (Å²) in [7, 11) is 0. The highest BCUT2D eigenvalue weighted by Crippen LogP contribution is 2.17. The number of nitrogens with zero attached hydrogens (tertiary/aromatic N) is 3. The van der Waals surface area contributed by atoms with Crippen LogP contribution in [0.3, 0.4) is 0 Å². The molecule has 0 amide bonds. The molecule has 4 heteroatoms. The number of pyridine rings is 1. The van der Waals surface area contributed by atoms with Crippen LogP contribution in [0.15, 0.2) is 18.5 Å². The lowest BCUT2D eigenvalue weighted by molar-refractivity contribution is 0.505. The number of aromatic nitrogens is 3. The highest BCUT2D eigenvalue weighted by atomic mass is 35.5. The van der Waals surface area contributed by atoms with Gasteiger partial charge >= 0.3 is 0 Å². The number of unbranched alkanes of at least 4 members (excludes halogenated alkanes) is 3. The van der Waals surface area contributed by atoms with Gasteiger partial charge in [-0.05, 0) is 18.4 Å². The summed E-state index contributed by atoms with van der Waals surface area (Å²) in [5.74, 6) is 2.53. The average molecular weight is 308 g/mol. The fourth-order valence-electron chi connectivity index (χ4n) is 2.73. The molecule has 3 nitrogen and oxygen atoms in total. The maximum absolute atomic E-state index is 5.90. The molecule has 2 aromatic rings. The van der Waals surface area contributed by atoms with Gasteiger partial charge in [0.25, 0.3) is 0 Å². The van der Waals surface area contributed by atoms with Crippen molar-refractivity contribution in [1.29, 1.82) is 0 Å². The van der Waals surface area contributed by atoms with Gasteiger partial charge in [-0.1, -0.05) is 39.5 Å². The Bertz CT molecular complexity index is 548. The molecule has 0 fully saturated rings. The highest BCUT2D eigenvalue weighted by Gasteiger charge is 2.09. The summed E-state index contributed by atoms with van der Waals surface area (Å²) in [6.45, 7) is 5.63. The normalized spacial score (nSPS) is 11.6. The molecule has 0 bridgehead atoms. The molecule has 0 spiro atoms. The quantitative estimate of drug-likeness (QED) is 0.491. The Morgan fingerprint density at radius 3 is 2.76 bits per heavy atom. The second-order valence-corrected chi connectivity index (χ2v) is 6.46. The Morgan fingerprint density at radius 2 is 2.00 bits per heavy atom. The van der Waals surface area contributed by atoms with Crippen LogP contribution < -0.4 is 0 Å². The molecule has 0 aromatic carbocycles. The van der Waals surface area contributed by atoms with Gasteiger partial charge in [0, 0.05) is 25.0 Å². The molecule has 0 N–H and O–H groups in total. The van der Waals surface area contributed by atoms with Gasteiger partial charge in [-0.2, -0.15) is 0 Å². The van der Waals surface area contributed by atoms with Crippen molar-refractivity contribution in [2.45, 2.75) is 58.9 Å². The Morgan fingerprint density at radius 1 is 1.19 bits per heavy atom. The van der Waals surface area contributed by atoms with Gasteiger partial charge in [-0.15, -0.1) is 11.6 Å². The third-order valence-electron chi connectivity index (χ3n) is 3.86. The molecular weight excluding hydrogens is 282 g/mol. The molecule has 0 saturated heterocycles. The van der Waals surface area contributed by atoms with E-state index in [1.165, 1.54) is 37.6 Å². The van der Waals surface area contributed by atoms with Crippen LogP contribution in [0, 0.1) is 5.92 Å². The summed E-state index contributed by atoms with van der Waals surface area (Å²) < 4.78 is 2.32. The molecule has 2 aromatic heterocycles. The van der Waals surface area contributed by atoms with Crippen LogP contribution in [-0.4, -0.2) is 20.4 Å². The van der Waals surface area contributed by atoms with Gasteiger partial charge in [-0.3, -0.25) is 4.98 Å². The number of hydrogen-bond acceptors (Lipinski definition) is 2. The molecule has 2 rings (SSSR count). The summed E-state index contributed by atoms with van der Waals surface area (Å²) in [6.07, 6.45) is 11.0. The maximum atomic E-state index is 5.90. The van der Waals surface area contributed by atoms with E-state index in [-0.39, 0.29) is 0 Å². The molecule has 0 aliphatic rings. The number of fused-ring (bicyclic) bond motifs is 1. The van der Waals surface area contributed by atoms with Gasteiger partial charge < -0.3 is 4.57 Å². The Balaban J connectivity index is 1.92. The van der Waals surface area contributed by atoms with Gasteiger partial charge in [0.15, 0.2) is 0 Å². The first-order chi connectivity index (χ1) is 10.2. The van der Waals surface area contributed by atoms with E-state index in [0.29, 0.717) is 5.88 Å². The molecule has 2 heterocycles. The molecule has 0 saturated carbocycles. The number of hydrogen-bond donors (Lipinski definition) is 0. The molecule has 0 aliphatic carbocycles. The minimum absolute atomic E-state index is 0.616. The van der Waals surface area contributed by atoms with Crippen molar-refractivity contribution in [3.63, 3.8) is 0 Å². The van der Waals surface area contributed by atoms with Crippen molar-refractivity contribution < 1.29 is 0 Å². The van der Waals surface area contributed by atoms with E-state index in [2.05, 4.69) is 34.4 Å². The Hall–Kier alpha value is -1.09. The molecule has 0 radical (unpaired) electrons. The van der Waals surface area contributed by atoms with Crippen molar-refractivity contribution in [2.75, 3.05) is 5.88 Å². The van der Waals surface area contributed by atoms with Crippen molar-refractivity contribution in [1.82, 2.24) is 14.5 Å². The Kier molecular flexibility index (Phi) is 6.50. The van der Waals surface area contributed by atoms with Gasteiger partial charge in [-0.25, -0.2) is 4.98 Å². The second kappa shape index (κ2) is 8.38. The summed E-state index contributed by atoms with van der Waals surface area (Å²) in [4.78, 5) is 8.81. The molecular formula is C17H26ClN3. The topological polar surface area (TPSA) is 30.7 Å². The van der Waals surface area contributed by atoms with Crippen LogP contribution >= 0.6 is 11.6 Å². The second-order valence-electron chi connectivity index (χ2n) is 6.08. The van der Waals surface area contributed by atoms with E-state index in [1.807, 2.05) is 12.4 Å². The molecule has 0 atom stereocenters. The third kappa shape index (κ3) is 4.70. The first kappa shape index (κ1) is 16.3. The number of halogens is 1. The molecule has 116 valence electrons. The van der Waals surface area contributed by atoms with E-state index in [9.17, 15) is 0 Å². The largest absolute Gasteiger partial charge is 0.328 e. The minimum Gasteiger partial charge on any atom is -0.328 e. The van der Waals surface area contributed by atoms with E-state index in [4.69, 9.17) is 11.6 Å². The summed E-state index contributed by atoms with van der Waals surface area (Å²) >= 11 is 5.90. The van der Waals surface area contributed by atoms with E-state index >= 15 is 0 Å². The lowest BCUT2D eigenvalue weighted by atomic mass is 10.0. The SMILES string of the molecule is CC(C)CCCCCCn1c(CCCl)nc2cnccc21. The predicted octanol–water partition coefficient (Wildman–Crippen LogP) is 4.82. The first-order valence-corrected chi connectivity index (χ1v) is 8.61. The van der Waals surface area contributed by atoms with Crippen LogP contribution in [0.2, 0.25) is 0 Å². The predicted molar refractivity (Wildman–Crippen MR) is 89.9 cm³/mol. The molecule has 0 aliphatic heterocycles. The van der Waals surface area contributed by atoms with Gasteiger partial charge in [0.2, 0.25) is 0 Å². The fraction of sp³-hybridized carbons (Fsp3) is 0.647. The van der Waals surface area contributed by atoms with Gasteiger partial charge in [0.1, 0.15) is 11.3 Å².